The van der Waals surface area contributed by atoms with Crippen LogP contribution in [0.3, 0.4) is 0 Å². The van der Waals surface area contributed by atoms with Gasteiger partial charge in [0.25, 0.3) is 5.91 Å². The average Bonchev–Trinajstić information content (AvgIpc) is 2.84. The Balaban J connectivity index is 1.93. The fraction of sp³-hybridized carbons (Fsp3) is 0.333. The quantitative estimate of drug-likeness (QED) is 0.447. The summed E-state index contributed by atoms with van der Waals surface area (Å²) in [6, 6.07) is 4.04. The number of hydrogen-bond donors (Lipinski definition) is 1. The predicted octanol–water partition coefficient (Wildman–Crippen LogP) is 3.24. The van der Waals surface area contributed by atoms with Crippen molar-refractivity contribution in [1.29, 1.82) is 0 Å². The maximum absolute atomic E-state index is 12.1. The third-order valence-corrected chi connectivity index (χ3v) is 4.40. The number of aryl methyl sites for hydroxylation is 2. The Labute approximate surface area is 153 Å². The Morgan fingerprint density at radius 1 is 1.44 bits per heavy atom. The number of carbonyl (C=O) groups is 1. The smallest absolute Gasteiger partial charge is 0.311 e. The summed E-state index contributed by atoms with van der Waals surface area (Å²) in [5.41, 5.74) is 0.563. The van der Waals surface area contributed by atoms with Crippen molar-refractivity contribution in [1.82, 2.24) is 15.1 Å². The summed E-state index contributed by atoms with van der Waals surface area (Å²) in [5, 5.41) is 18.6. The van der Waals surface area contributed by atoms with Gasteiger partial charge in [-0.2, -0.15) is 5.10 Å². The van der Waals surface area contributed by atoms with Crippen molar-refractivity contribution in [3.63, 3.8) is 0 Å². The second-order valence-electron chi connectivity index (χ2n) is 5.17. The van der Waals surface area contributed by atoms with E-state index in [0.29, 0.717) is 35.4 Å². The fourth-order valence-electron chi connectivity index (χ4n) is 2.19. The highest BCUT2D eigenvalue weighted by molar-refractivity contribution is 6.41. The van der Waals surface area contributed by atoms with Crippen molar-refractivity contribution in [2.45, 2.75) is 19.9 Å². The van der Waals surface area contributed by atoms with Crippen molar-refractivity contribution >= 4 is 34.8 Å². The van der Waals surface area contributed by atoms with Gasteiger partial charge in [-0.1, -0.05) is 23.2 Å². The van der Waals surface area contributed by atoms with E-state index in [2.05, 4.69) is 10.4 Å². The maximum Gasteiger partial charge on any atom is 0.311 e. The van der Waals surface area contributed by atoms with Crippen LogP contribution in [0.5, 0.6) is 5.75 Å². The van der Waals surface area contributed by atoms with Crippen LogP contribution in [0.2, 0.25) is 10.2 Å². The second kappa shape index (κ2) is 8.17. The normalized spacial score (nSPS) is 10.6. The van der Waals surface area contributed by atoms with Crippen LogP contribution in [-0.4, -0.2) is 34.3 Å². The predicted molar refractivity (Wildman–Crippen MR) is 93.6 cm³/mol. The number of carbonyl (C=O) groups excluding carboxylic acids is 1. The number of rotatable bonds is 7. The number of nitro groups is 1. The molecular formula is C15H16Cl2N4O4. The van der Waals surface area contributed by atoms with Crippen LogP contribution in [-0.2, 0) is 6.54 Å². The number of nitrogens with zero attached hydrogens (tertiary/aromatic N) is 3. The van der Waals surface area contributed by atoms with Crippen LogP contribution in [0.1, 0.15) is 22.5 Å². The first-order valence-corrected chi connectivity index (χ1v) is 8.09. The van der Waals surface area contributed by atoms with Gasteiger partial charge < -0.3 is 10.1 Å². The number of ether oxygens (including phenoxy) is 1. The number of halogens is 2. The zero-order valence-electron chi connectivity index (χ0n) is 13.6. The Bertz CT molecular complexity index is 807. The third-order valence-electron chi connectivity index (χ3n) is 3.47. The van der Waals surface area contributed by atoms with Crippen LogP contribution in [0.4, 0.5) is 5.69 Å². The van der Waals surface area contributed by atoms with Gasteiger partial charge in [-0.05, 0) is 25.5 Å². The van der Waals surface area contributed by atoms with Gasteiger partial charge in [0.2, 0.25) is 0 Å². The molecule has 0 radical (unpaired) electrons. The van der Waals surface area contributed by atoms with Gasteiger partial charge in [-0.15, -0.1) is 0 Å². The minimum atomic E-state index is -0.596. The van der Waals surface area contributed by atoms with E-state index in [0.717, 1.165) is 0 Å². The van der Waals surface area contributed by atoms with E-state index in [1.165, 1.54) is 25.3 Å². The first-order valence-electron chi connectivity index (χ1n) is 7.34. The Morgan fingerprint density at radius 3 is 2.72 bits per heavy atom. The summed E-state index contributed by atoms with van der Waals surface area (Å²) < 4.78 is 6.46. The number of amides is 1. The average molecular weight is 387 g/mol. The molecule has 0 atom stereocenters. The fourth-order valence-corrected chi connectivity index (χ4v) is 2.58. The number of benzene rings is 1. The molecule has 2 rings (SSSR count). The third kappa shape index (κ3) is 4.40. The molecular weight excluding hydrogens is 371 g/mol. The highest BCUT2D eigenvalue weighted by Crippen LogP contribution is 2.27. The molecule has 0 spiro atoms. The summed E-state index contributed by atoms with van der Waals surface area (Å²) in [7, 11) is 1.33. The van der Waals surface area contributed by atoms with E-state index in [9.17, 15) is 14.9 Å². The summed E-state index contributed by atoms with van der Waals surface area (Å²) in [5.74, 6) is -0.311. The molecule has 2 aromatic rings. The van der Waals surface area contributed by atoms with Crippen molar-refractivity contribution in [2.75, 3.05) is 13.7 Å². The van der Waals surface area contributed by atoms with Crippen molar-refractivity contribution < 1.29 is 14.5 Å². The first kappa shape index (κ1) is 19.0. The van der Waals surface area contributed by atoms with Crippen molar-refractivity contribution in [3.8, 4) is 5.75 Å². The van der Waals surface area contributed by atoms with Gasteiger partial charge in [-0.25, -0.2) is 0 Å². The van der Waals surface area contributed by atoms with Crippen LogP contribution in [0.25, 0.3) is 0 Å². The Morgan fingerprint density at radius 2 is 2.16 bits per heavy atom. The summed E-state index contributed by atoms with van der Waals surface area (Å²) >= 11 is 12.0. The summed E-state index contributed by atoms with van der Waals surface area (Å²) in [6.07, 6.45) is 0.571. The number of aromatic nitrogens is 2. The highest BCUT2D eigenvalue weighted by Gasteiger charge is 2.18. The number of hydrogen-bond acceptors (Lipinski definition) is 5. The summed E-state index contributed by atoms with van der Waals surface area (Å²) in [4.78, 5) is 22.5. The molecule has 1 aromatic heterocycles. The van der Waals surface area contributed by atoms with Gasteiger partial charge in [0.1, 0.15) is 10.2 Å². The lowest BCUT2D eigenvalue weighted by molar-refractivity contribution is -0.385. The van der Waals surface area contributed by atoms with Gasteiger partial charge in [0.15, 0.2) is 5.75 Å². The van der Waals surface area contributed by atoms with E-state index >= 15 is 0 Å². The Kier molecular flexibility index (Phi) is 6.22. The molecule has 0 aliphatic carbocycles. The molecule has 0 aliphatic rings. The second-order valence-corrected chi connectivity index (χ2v) is 5.90. The lowest BCUT2D eigenvalue weighted by Crippen LogP contribution is -2.25. The topological polar surface area (TPSA) is 99.3 Å². The monoisotopic (exact) mass is 386 g/mol. The summed E-state index contributed by atoms with van der Waals surface area (Å²) in [6.45, 7) is 2.59. The Hall–Kier alpha value is -2.32. The van der Waals surface area contributed by atoms with Crippen molar-refractivity contribution in [3.05, 3.63) is 49.7 Å². The molecule has 10 heteroatoms. The lowest BCUT2D eigenvalue weighted by atomic mass is 10.1. The van der Waals surface area contributed by atoms with Crippen molar-refractivity contribution in [2.24, 2.45) is 0 Å². The van der Waals surface area contributed by atoms with Gasteiger partial charge in [0, 0.05) is 24.7 Å². The standard InChI is InChI=1S/C15H16Cl2N4O4/c1-9-13(16)14(17)20(19-9)7-3-6-18-15(22)10-4-5-12(25-2)11(8-10)21(23)24/h4-5,8H,3,6-7H2,1-2H3,(H,18,22). The van der Waals surface area contributed by atoms with Gasteiger partial charge in [-0.3, -0.25) is 19.6 Å². The lowest BCUT2D eigenvalue weighted by Gasteiger charge is -2.07. The van der Waals surface area contributed by atoms with E-state index < -0.39 is 10.8 Å². The van der Waals surface area contributed by atoms with E-state index in [1.54, 1.807) is 11.6 Å². The van der Waals surface area contributed by atoms with Gasteiger partial charge >= 0.3 is 5.69 Å². The highest BCUT2D eigenvalue weighted by atomic mass is 35.5. The van der Waals surface area contributed by atoms with E-state index in [-0.39, 0.29) is 17.0 Å². The number of methoxy groups -OCH3 is 1. The maximum atomic E-state index is 12.1. The molecule has 0 saturated heterocycles. The molecule has 0 saturated carbocycles. The number of nitrogens with one attached hydrogen (secondary N) is 1. The first-order chi connectivity index (χ1) is 11.8. The molecule has 1 heterocycles. The minimum absolute atomic E-state index is 0.0992. The molecule has 0 aliphatic heterocycles. The van der Waals surface area contributed by atoms with E-state index in [4.69, 9.17) is 27.9 Å². The largest absolute Gasteiger partial charge is 0.490 e. The van der Waals surface area contributed by atoms with E-state index in [1.807, 2.05) is 0 Å². The van der Waals surface area contributed by atoms with Crippen LogP contribution >= 0.6 is 23.2 Å². The number of nitro benzene ring substituents is 1. The molecule has 1 aromatic carbocycles. The minimum Gasteiger partial charge on any atom is -0.490 e. The van der Waals surface area contributed by atoms with Crippen LogP contribution in [0.15, 0.2) is 18.2 Å². The molecule has 134 valence electrons. The molecule has 1 N–H and O–H groups in total. The zero-order valence-corrected chi connectivity index (χ0v) is 15.1. The molecule has 25 heavy (non-hydrogen) atoms. The molecule has 0 bridgehead atoms. The van der Waals surface area contributed by atoms with Gasteiger partial charge in [0.05, 0.1) is 17.7 Å². The molecule has 1 amide bonds. The zero-order chi connectivity index (χ0) is 18.6. The molecule has 8 nitrogen and oxygen atoms in total. The van der Waals surface area contributed by atoms with Crippen LogP contribution in [0, 0.1) is 17.0 Å². The van der Waals surface area contributed by atoms with Crippen LogP contribution < -0.4 is 10.1 Å². The SMILES string of the molecule is COc1ccc(C(=O)NCCCn2nc(C)c(Cl)c2Cl)cc1[N+](=O)[O-]. The molecule has 0 unspecified atom stereocenters. The molecule has 0 fully saturated rings.